The Balaban J connectivity index is 1.02. The van der Waals surface area contributed by atoms with Crippen molar-refractivity contribution in [2.75, 3.05) is 4.90 Å². The van der Waals surface area contributed by atoms with Crippen molar-refractivity contribution in [3.05, 3.63) is 252 Å². The molecular formula is C60H42N2. The second-order valence-electron chi connectivity index (χ2n) is 17.1. The van der Waals surface area contributed by atoms with Gasteiger partial charge >= 0.3 is 0 Å². The fraction of sp³-hybridized carbons (Fsp3) is 0.0667. The summed E-state index contributed by atoms with van der Waals surface area (Å²) in [6.07, 6.45) is 0. The maximum absolute atomic E-state index is 4.00. The van der Waals surface area contributed by atoms with Gasteiger partial charge in [-0.2, -0.15) is 0 Å². The van der Waals surface area contributed by atoms with E-state index in [1.807, 2.05) is 0 Å². The predicted molar refractivity (Wildman–Crippen MR) is 258 cm³/mol. The maximum Gasteiger partial charge on any atom is 0.108 e. The van der Waals surface area contributed by atoms with Gasteiger partial charge in [0, 0.05) is 44.5 Å². The lowest BCUT2D eigenvalue weighted by molar-refractivity contribution is 0.663. The molecule has 0 saturated carbocycles. The number of nitrogens with zero attached hydrogens (tertiary/aromatic N) is 2. The second-order valence-corrected chi connectivity index (χ2v) is 17.1. The van der Waals surface area contributed by atoms with E-state index in [2.05, 4.69) is 254 Å². The number of hydrogen-bond acceptors (Lipinski definition) is 1. The van der Waals surface area contributed by atoms with Crippen molar-refractivity contribution in [2.24, 2.45) is 0 Å². The van der Waals surface area contributed by atoms with E-state index in [9.17, 15) is 0 Å². The SMILES string of the molecule is CC1(C)c2cc(C#CC3(c4ccc(N(c5ccccc5)c5ccccc5)cc4)c4ccccc4-c4ccccc43)ccc2-c2ccc3c4ccccc4n(-c4ccccc4)c3c21. The van der Waals surface area contributed by atoms with Crippen LogP contribution in [0.15, 0.2) is 218 Å². The Kier molecular flexibility index (Phi) is 8.05. The normalized spacial score (nSPS) is 13.8. The zero-order valence-corrected chi connectivity index (χ0v) is 34.7. The number of fused-ring (bicyclic) bond motifs is 10. The molecule has 0 unspecified atom stereocenters. The Morgan fingerprint density at radius 2 is 0.968 bits per heavy atom. The van der Waals surface area contributed by atoms with Crippen LogP contribution in [-0.2, 0) is 10.8 Å². The van der Waals surface area contributed by atoms with E-state index in [-0.39, 0.29) is 5.41 Å². The van der Waals surface area contributed by atoms with Crippen molar-refractivity contribution in [2.45, 2.75) is 24.7 Å². The van der Waals surface area contributed by atoms with Crippen LogP contribution in [0.2, 0.25) is 0 Å². The van der Waals surface area contributed by atoms with E-state index >= 15 is 0 Å². The lowest BCUT2D eigenvalue weighted by Gasteiger charge is -2.29. The molecule has 0 aliphatic heterocycles. The van der Waals surface area contributed by atoms with Gasteiger partial charge in [0.1, 0.15) is 5.41 Å². The first-order valence-electron chi connectivity index (χ1n) is 21.5. The Morgan fingerprint density at radius 1 is 0.435 bits per heavy atom. The first-order chi connectivity index (χ1) is 30.5. The minimum Gasteiger partial charge on any atom is -0.311 e. The number of aromatic nitrogens is 1. The van der Waals surface area contributed by atoms with E-state index in [1.54, 1.807) is 0 Å². The van der Waals surface area contributed by atoms with Crippen LogP contribution >= 0.6 is 0 Å². The third kappa shape index (κ3) is 5.25. The maximum atomic E-state index is 4.00. The summed E-state index contributed by atoms with van der Waals surface area (Å²) in [6, 6.07) is 79.2. The molecule has 0 N–H and O–H groups in total. The highest BCUT2D eigenvalue weighted by atomic mass is 15.1. The summed E-state index contributed by atoms with van der Waals surface area (Å²) in [7, 11) is 0. The van der Waals surface area contributed by atoms with Gasteiger partial charge in [0.15, 0.2) is 0 Å². The van der Waals surface area contributed by atoms with Crippen LogP contribution in [-0.4, -0.2) is 4.57 Å². The van der Waals surface area contributed by atoms with Gasteiger partial charge in [0.05, 0.1) is 11.0 Å². The summed E-state index contributed by atoms with van der Waals surface area (Å²) in [5.74, 6) is 7.82. The second kappa shape index (κ2) is 13.8. The van der Waals surface area contributed by atoms with Crippen LogP contribution in [0.4, 0.5) is 17.1 Å². The highest BCUT2D eigenvalue weighted by Crippen LogP contribution is 2.55. The van der Waals surface area contributed by atoms with Gasteiger partial charge in [-0.05, 0) is 117 Å². The summed E-state index contributed by atoms with van der Waals surface area (Å²) >= 11 is 0. The highest BCUT2D eigenvalue weighted by Gasteiger charge is 2.44. The first kappa shape index (κ1) is 36.0. The molecule has 0 fully saturated rings. The molecule has 0 bridgehead atoms. The van der Waals surface area contributed by atoms with Crippen LogP contribution in [0.25, 0.3) is 49.7 Å². The van der Waals surface area contributed by atoms with E-state index in [0.717, 1.165) is 28.2 Å². The molecule has 9 aromatic carbocycles. The first-order valence-corrected chi connectivity index (χ1v) is 21.5. The average molecular weight is 791 g/mol. The van der Waals surface area contributed by atoms with Crippen molar-refractivity contribution < 1.29 is 0 Å². The molecule has 2 aliphatic carbocycles. The number of benzene rings is 9. The molecule has 2 heteroatoms. The quantitative estimate of drug-likeness (QED) is 0.158. The number of anilines is 3. The summed E-state index contributed by atoms with van der Waals surface area (Å²) in [5, 5.41) is 2.56. The molecule has 0 spiro atoms. The average Bonchev–Trinajstić information content (AvgIpc) is 3.90. The molecule has 0 atom stereocenters. The molecule has 1 heterocycles. The van der Waals surface area contributed by atoms with Crippen LogP contribution < -0.4 is 4.90 Å². The third-order valence-corrected chi connectivity index (χ3v) is 13.4. The fourth-order valence-electron chi connectivity index (χ4n) is 10.6. The zero-order chi connectivity index (χ0) is 41.4. The van der Waals surface area contributed by atoms with Crippen LogP contribution in [0.5, 0.6) is 0 Å². The van der Waals surface area contributed by atoms with Gasteiger partial charge in [-0.15, -0.1) is 0 Å². The minimum atomic E-state index is -0.684. The van der Waals surface area contributed by atoms with Crippen molar-refractivity contribution in [1.29, 1.82) is 0 Å². The standard InChI is InChI=1S/C60H42N2/c1-59(2)55-40-41(30-35-49(55)51-36-37-52-50-26-14-17-29-56(50)62(58(52)57(51)59)45-22-10-5-11-23-45)38-39-60(53-27-15-12-24-47(53)48-25-13-16-28-54(48)60)42-31-33-46(34-32-42)61(43-18-6-3-7-19-43)44-20-8-4-9-21-44/h3-37,40H,1-2H3. The summed E-state index contributed by atoms with van der Waals surface area (Å²) in [5.41, 5.74) is 18.4. The molecule has 10 aromatic rings. The summed E-state index contributed by atoms with van der Waals surface area (Å²) in [4.78, 5) is 2.32. The molecule has 0 amide bonds. The minimum absolute atomic E-state index is 0.272. The molecule has 62 heavy (non-hydrogen) atoms. The Labute approximate surface area is 363 Å². The van der Waals surface area contributed by atoms with Gasteiger partial charge in [0.2, 0.25) is 0 Å². The fourth-order valence-corrected chi connectivity index (χ4v) is 10.6. The van der Waals surface area contributed by atoms with Gasteiger partial charge in [0.25, 0.3) is 0 Å². The van der Waals surface area contributed by atoms with E-state index in [4.69, 9.17) is 0 Å². The number of hydrogen-bond donors (Lipinski definition) is 0. The van der Waals surface area contributed by atoms with E-state index < -0.39 is 5.41 Å². The van der Waals surface area contributed by atoms with Crippen molar-refractivity contribution in [1.82, 2.24) is 4.57 Å². The van der Waals surface area contributed by atoms with Crippen LogP contribution in [0.3, 0.4) is 0 Å². The molecular weight excluding hydrogens is 749 g/mol. The molecule has 1 aromatic heterocycles. The third-order valence-electron chi connectivity index (χ3n) is 13.4. The largest absolute Gasteiger partial charge is 0.311 e. The molecule has 2 aliphatic rings. The van der Waals surface area contributed by atoms with Crippen LogP contribution in [0, 0.1) is 11.8 Å². The van der Waals surface area contributed by atoms with Crippen molar-refractivity contribution in [3.63, 3.8) is 0 Å². The van der Waals surface area contributed by atoms with E-state index in [1.165, 1.54) is 72.0 Å². The Hall–Kier alpha value is -7.86. The molecule has 2 nitrogen and oxygen atoms in total. The lowest BCUT2D eigenvalue weighted by Crippen LogP contribution is -2.25. The summed E-state index contributed by atoms with van der Waals surface area (Å²) in [6.45, 7) is 4.78. The smallest absolute Gasteiger partial charge is 0.108 e. The summed E-state index contributed by atoms with van der Waals surface area (Å²) < 4.78 is 2.47. The Bertz CT molecular complexity index is 3330. The van der Waals surface area contributed by atoms with Crippen LogP contribution in [0.1, 0.15) is 47.2 Å². The zero-order valence-electron chi connectivity index (χ0n) is 34.7. The highest BCUT2D eigenvalue weighted by molar-refractivity contribution is 6.13. The molecule has 292 valence electrons. The number of para-hydroxylation sites is 4. The van der Waals surface area contributed by atoms with Gasteiger partial charge in [-0.1, -0.05) is 177 Å². The predicted octanol–water partition coefficient (Wildman–Crippen LogP) is 14.9. The van der Waals surface area contributed by atoms with Gasteiger partial charge in [-0.25, -0.2) is 0 Å². The van der Waals surface area contributed by atoms with E-state index in [0.29, 0.717) is 0 Å². The number of rotatable bonds is 5. The molecule has 0 saturated heterocycles. The Morgan fingerprint density at radius 3 is 1.63 bits per heavy atom. The van der Waals surface area contributed by atoms with Crippen molar-refractivity contribution >= 4 is 38.9 Å². The topological polar surface area (TPSA) is 8.17 Å². The lowest BCUT2D eigenvalue weighted by atomic mass is 9.72. The van der Waals surface area contributed by atoms with Gasteiger partial charge < -0.3 is 9.47 Å². The van der Waals surface area contributed by atoms with Crippen molar-refractivity contribution in [3.8, 4) is 39.8 Å². The van der Waals surface area contributed by atoms with Gasteiger partial charge in [-0.3, -0.25) is 0 Å². The monoisotopic (exact) mass is 790 g/mol. The molecule has 12 rings (SSSR count). The molecule has 0 radical (unpaired) electrons.